The maximum Gasteiger partial charge on any atom is 0.224 e. The number of nitrogens with zero attached hydrogens (tertiary/aromatic N) is 1. The number of carbonyl (C=O) groups excluding carboxylic acids is 1. The van der Waals surface area contributed by atoms with Gasteiger partial charge in [0.1, 0.15) is 6.61 Å². The maximum atomic E-state index is 11.9. The van der Waals surface area contributed by atoms with Gasteiger partial charge in [0.2, 0.25) is 5.91 Å². The fraction of sp³-hybridized carbons (Fsp3) is 0.824. The van der Waals surface area contributed by atoms with E-state index in [4.69, 9.17) is 25.4 Å². The van der Waals surface area contributed by atoms with Gasteiger partial charge in [0.15, 0.2) is 0 Å². The van der Waals surface area contributed by atoms with E-state index in [9.17, 15) is 4.79 Å². The molecule has 132 valence electrons. The van der Waals surface area contributed by atoms with Crippen molar-refractivity contribution in [3.63, 3.8) is 0 Å². The third kappa shape index (κ3) is 10.3. The Morgan fingerprint density at radius 1 is 1.04 bits per heavy atom. The normalized spacial score (nSPS) is 17.4. The van der Waals surface area contributed by atoms with E-state index in [-0.39, 0.29) is 5.91 Å². The Balaban J connectivity index is 1.78. The largest absolute Gasteiger partial charge is 0.379 e. The first-order chi connectivity index (χ1) is 11.2. The second-order valence-electron chi connectivity index (χ2n) is 5.58. The smallest absolute Gasteiger partial charge is 0.224 e. The third-order valence-electron chi connectivity index (χ3n) is 3.54. The van der Waals surface area contributed by atoms with E-state index in [1.165, 1.54) is 0 Å². The second-order valence-corrected chi connectivity index (χ2v) is 5.58. The highest BCUT2D eigenvalue weighted by atomic mass is 16.6. The fourth-order valence-electron chi connectivity index (χ4n) is 2.27. The molecule has 0 saturated carbocycles. The summed E-state index contributed by atoms with van der Waals surface area (Å²) in [7, 11) is 0. The molecule has 0 aromatic rings. The van der Waals surface area contributed by atoms with Crippen molar-refractivity contribution in [3.8, 4) is 12.3 Å². The number of likely N-dealkylation sites (tertiary alicyclic amines) is 1. The minimum atomic E-state index is 0.190. The molecule has 0 bridgehead atoms. The minimum Gasteiger partial charge on any atom is -0.379 e. The van der Waals surface area contributed by atoms with Gasteiger partial charge in [-0.25, -0.2) is 0 Å². The number of carbonyl (C=O) groups is 1. The summed E-state index contributed by atoms with van der Waals surface area (Å²) < 4.78 is 21.1. The molecule has 1 atom stereocenters. The molecule has 1 saturated heterocycles. The molecule has 0 aromatic carbocycles. The first-order valence-electron chi connectivity index (χ1n) is 8.26. The summed E-state index contributed by atoms with van der Waals surface area (Å²) in [6, 6.07) is 0. The van der Waals surface area contributed by atoms with E-state index in [0.29, 0.717) is 65.2 Å². The Bertz CT molecular complexity index is 355. The molecule has 1 aliphatic rings. The van der Waals surface area contributed by atoms with Gasteiger partial charge in [-0.2, -0.15) is 0 Å². The van der Waals surface area contributed by atoms with Crippen LogP contribution in [0.2, 0.25) is 0 Å². The van der Waals surface area contributed by atoms with Crippen molar-refractivity contribution in [2.24, 2.45) is 5.92 Å². The van der Waals surface area contributed by atoms with E-state index in [2.05, 4.69) is 12.8 Å². The van der Waals surface area contributed by atoms with Crippen LogP contribution < -0.4 is 0 Å². The molecular formula is C17H29NO5. The monoisotopic (exact) mass is 327 g/mol. The van der Waals surface area contributed by atoms with Crippen LogP contribution in [0.1, 0.15) is 19.8 Å². The highest BCUT2D eigenvalue weighted by molar-refractivity contribution is 5.76. The van der Waals surface area contributed by atoms with Crippen molar-refractivity contribution >= 4 is 5.91 Å². The fourth-order valence-corrected chi connectivity index (χ4v) is 2.27. The van der Waals surface area contributed by atoms with Gasteiger partial charge in [-0.05, 0) is 12.3 Å². The van der Waals surface area contributed by atoms with Crippen molar-refractivity contribution in [2.75, 3.05) is 65.9 Å². The Morgan fingerprint density at radius 2 is 1.61 bits per heavy atom. The zero-order valence-corrected chi connectivity index (χ0v) is 14.1. The predicted molar refractivity (Wildman–Crippen MR) is 87.1 cm³/mol. The first-order valence-corrected chi connectivity index (χ1v) is 8.26. The second kappa shape index (κ2) is 13.3. The van der Waals surface area contributed by atoms with Gasteiger partial charge in [-0.1, -0.05) is 12.8 Å². The van der Waals surface area contributed by atoms with Crippen LogP contribution in [-0.2, 0) is 23.7 Å². The van der Waals surface area contributed by atoms with Crippen molar-refractivity contribution in [3.05, 3.63) is 0 Å². The summed E-state index contributed by atoms with van der Waals surface area (Å²) in [5.41, 5.74) is 0. The topological polar surface area (TPSA) is 57.2 Å². The molecule has 23 heavy (non-hydrogen) atoms. The van der Waals surface area contributed by atoms with Crippen LogP contribution in [0, 0.1) is 18.3 Å². The first kappa shape index (κ1) is 19.9. The van der Waals surface area contributed by atoms with Crippen LogP contribution in [0.15, 0.2) is 0 Å². The van der Waals surface area contributed by atoms with E-state index >= 15 is 0 Å². The summed E-state index contributed by atoms with van der Waals surface area (Å²) in [6.07, 6.45) is 6.61. The molecule has 1 rings (SSSR count). The zero-order valence-electron chi connectivity index (χ0n) is 14.1. The van der Waals surface area contributed by atoms with Crippen molar-refractivity contribution in [2.45, 2.75) is 19.8 Å². The molecule has 0 spiro atoms. The Kier molecular flexibility index (Phi) is 11.5. The highest BCUT2D eigenvalue weighted by Gasteiger charge is 2.22. The number of terminal acetylenes is 1. The van der Waals surface area contributed by atoms with E-state index in [0.717, 1.165) is 19.5 Å². The van der Waals surface area contributed by atoms with Crippen LogP contribution in [0.5, 0.6) is 0 Å². The van der Waals surface area contributed by atoms with Crippen LogP contribution in [-0.4, -0.2) is 76.8 Å². The van der Waals surface area contributed by atoms with E-state index in [1.54, 1.807) is 0 Å². The average Bonchev–Trinajstić information content (AvgIpc) is 2.98. The lowest BCUT2D eigenvalue weighted by atomic mass is 10.2. The minimum absolute atomic E-state index is 0.190. The van der Waals surface area contributed by atoms with Crippen molar-refractivity contribution in [1.29, 1.82) is 0 Å². The Hall–Kier alpha value is -1.13. The van der Waals surface area contributed by atoms with Crippen LogP contribution in [0.25, 0.3) is 0 Å². The van der Waals surface area contributed by atoms with Crippen LogP contribution in [0.3, 0.4) is 0 Å². The maximum absolute atomic E-state index is 11.9. The molecule has 0 N–H and O–H groups in total. The lowest BCUT2D eigenvalue weighted by Gasteiger charge is -2.15. The van der Waals surface area contributed by atoms with Gasteiger partial charge >= 0.3 is 0 Å². The van der Waals surface area contributed by atoms with Gasteiger partial charge in [-0.3, -0.25) is 4.79 Å². The quantitative estimate of drug-likeness (QED) is 0.372. The molecule has 0 radical (unpaired) electrons. The Labute approximate surface area is 139 Å². The zero-order chi connectivity index (χ0) is 16.8. The van der Waals surface area contributed by atoms with Crippen molar-refractivity contribution < 1.29 is 23.7 Å². The molecule has 1 amide bonds. The molecule has 1 unspecified atom stereocenters. The molecule has 1 heterocycles. The highest BCUT2D eigenvalue weighted by Crippen LogP contribution is 2.15. The molecule has 0 aromatic heterocycles. The lowest BCUT2D eigenvalue weighted by molar-refractivity contribution is -0.131. The third-order valence-corrected chi connectivity index (χ3v) is 3.54. The molecule has 1 aliphatic heterocycles. The van der Waals surface area contributed by atoms with E-state index in [1.807, 2.05) is 4.90 Å². The Morgan fingerprint density at radius 3 is 2.13 bits per heavy atom. The predicted octanol–water partition coefficient (Wildman–Crippen LogP) is 0.945. The number of amides is 1. The summed E-state index contributed by atoms with van der Waals surface area (Å²) in [5, 5.41) is 0. The molecule has 6 heteroatoms. The standard InChI is InChI=1S/C17H29NO5/c1-3-7-20-9-11-22-13-14-23-12-10-21-8-5-17(19)18-6-4-16(2)15-18/h1,16H,4-15H2,2H3. The number of hydrogen-bond donors (Lipinski definition) is 0. The van der Waals surface area contributed by atoms with Gasteiger partial charge < -0.3 is 23.8 Å². The van der Waals surface area contributed by atoms with Gasteiger partial charge in [-0.15, -0.1) is 6.42 Å². The summed E-state index contributed by atoms with van der Waals surface area (Å²) in [5.74, 6) is 3.20. The van der Waals surface area contributed by atoms with E-state index < -0.39 is 0 Å². The van der Waals surface area contributed by atoms with Gasteiger partial charge in [0.25, 0.3) is 0 Å². The number of hydrogen-bond acceptors (Lipinski definition) is 5. The van der Waals surface area contributed by atoms with Crippen LogP contribution in [0.4, 0.5) is 0 Å². The van der Waals surface area contributed by atoms with Crippen LogP contribution >= 0.6 is 0 Å². The summed E-state index contributed by atoms with van der Waals surface area (Å²) in [6.45, 7) is 7.76. The molecular weight excluding hydrogens is 298 g/mol. The average molecular weight is 327 g/mol. The molecule has 6 nitrogen and oxygen atoms in total. The molecule has 1 fully saturated rings. The molecule has 0 aliphatic carbocycles. The summed E-state index contributed by atoms with van der Waals surface area (Å²) >= 11 is 0. The van der Waals surface area contributed by atoms with Crippen molar-refractivity contribution in [1.82, 2.24) is 4.90 Å². The summed E-state index contributed by atoms with van der Waals surface area (Å²) in [4.78, 5) is 13.8. The number of ether oxygens (including phenoxy) is 4. The SMILES string of the molecule is C#CCOCCOCCOCCOCCC(=O)N1CCC(C)C1. The van der Waals surface area contributed by atoms with Gasteiger partial charge in [0, 0.05) is 13.1 Å². The lowest BCUT2D eigenvalue weighted by Crippen LogP contribution is -2.29. The number of rotatable bonds is 13. The van der Waals surface area contributed by atoms with Gasteiger partial charge in [0.05, 0.1) is 52.7 Å².